The minimum atomic E-state index is -1.03. The van der Waals surface area contributed by atoms with Crippen molar-refractivity contribution in [2.45, 2.75) is 32.4 Å². The van der Waals surface area contributed by atoms with Crippen molar-refractivity contribution in [1.29, 1.82) is 0 Å². The van der Waals surface area contributed by atoms with Crippen molar-refractivity contribution in [3.8, 4) is 0 Å². The summed E-state index contributed by atoms with van der Waals surface area (Å²) in [7, 11) is 0. The van der Waals surface area contributed by atoms with Gasteiger partial charge in [0.2, 0.25) is 0 Å². The van der Waals surface area contributed by atoms with Gasteiger partial charge in [-0.3, -0.25) is 10.1 Å². The van der Waals surface area contributed by atoms with Crippen LogP contribution in [0.25, 0.3) is 0 Å². The van der Waals surface area contributed by atoms with Crippen LogP contribution in [0, 0.1) is 5.82 Å². The smallest absolute Gasteiger partial charge is 0.325 e. The fraction of sp³-hybridized carbons (Fsp3) is 0.417. The monoisotopic (exact) mass is 259 g/mol. The lowest BCUT2D eigenvalue weighted by molar-refractivity contribution is -0.139. The Hall–Kier alpha value is -1.13. The van der Waals surface area contributed by atoms with E-state index in [0.29, 0.717) is 5.56 Å². The lowest BCUT2D eigenvalue weighted by atomic mass is 10.1. The summed E-state index contributed by atoms with van der Waals surface area (Å²) in [6, 6.07) is 2.84. The molecule has 2 atom stereocenters. The highest BCUT2D eigenvalue weighted by molar-refractivity contribution is 6.31. The van der Waals surface area contributed by atoms with Gasteiger partial charge in [0.15, 0.2) is 0 Å². The number of carboxylic acid groups (broad SMARTS) is 1. The average molecular weight is 260 g/mol. The topological polar surface area (TPSA) is 49.3 Å². The normalized spacial score (nSPS) is 14.4. The highest BCUT2D eigenvalue weighted by Gasteiger charge is 2.23. The molecule has 5 heteroatoms. The molecule has 2 N–H and O–H groups in total. The van der Waals surface area contributed by atoms with Crippen molar-refractivity contribution >= 4 is 17.6 Å². The summed E-state index contributed by atoms with van der Waals surface area (Å²) in [6.07, 6.45) is 0.794. The molecule has 1 aromatic carbocycles. The molecule has 0 spiro atoms. The second-order valence-electron chi connectivity index (χ2n) is 3.91. The Morgan fingerprint density at radius 1 is 1.59 bits per heavy atom. The van der Waals surface area contributed by atoms with E-state index in [0.717, 1.165) is 12.5 Å². The summed E-state index contributed by atoms with van der Waals surface area (Å²) < 4.78 is 12.9. The Labute approximate surface area is 105 Å². The van der Waals surface area contributed by atoms with Crippen LogP contribution in [0.2, 0.25) is 5.02 Å². The summed E-state index contributed by atoms with van der Waals surface area (Å²) in [5, 5.41) is 12.2. The highest BCUT2D eigenvalue weighted by Crippen LogP contribution is 2.24. The van der Waals surface area contributed by atoms with Crippen LogP contribution in [0.15, 0.2) is 18.2 Å². The molecule has 3 nitrogen and oxygen atoms in total. The zero-order valence-electron chi connectivity index (χ0n) is 9.71. The molecule has 17 heavy (non-hydrogen) atoms. The van der Waals surface area contributed by atoms with Gasteiger partial charge in [-0.2, -0.15) is 0 Å². The van der Waals surface area contributed by atoms with Crippen molar-refractivity contribution in [2.24, 2.45) is 0 Å². The molecular weight excluding hydrogens is 245 g/mol. The van der Waals surface area contributed by atoms with Gasteiger partial charge in [0.05, 0.1) is 0 Å². The van der Waals surface area contributed by atoms with Gasteiger partial charge in [0.1, 0.15) is 11.9 Å². The maximum Gasteiger partial charge on any atom is 0.325 e. The standard InChI is InChI=1S/C12H15ClFNO2/c1-3-7(2)15-11(12(16)17)9-5-4-8(14)6-10(9)13/h4-7,11,15H,3H2,1-2H3,(H,16,17). The van der Waals surface area contributed by atoms with Gasteiger partial charge in [-0.25, -0.2) is 4.39 Å². The van der Waals surface area contributed by atoms with Crippen LogP contribution in [0.3, 0.4) is 0 Å². The Balaban J connectivity index is 3.01. The van der Waals surface area contributed by atoms with Crippen molar-refractivity contribution in [1.82, 2.24) is 5.32 Å². The lowest BCUT2D eigenvalue weighted by Gasteiger charge is -2.20. The SMILES string of the molecule is CCC(C)NC(C(=O)O)c1ccc(F)cc1Cl. The third-order valence-corrected chi connectivity index (χ3v) is 2.91. The van der Waals surface area contributed by atoms with Crippen LogP contribution < -0.4 is 5.32 Å². The molecule has 0 saturated heterocycles. The van der Waals surface area contributed by atoms with Gasteiger partial charge >= 0.3 is 5.97 Å². The molecular formula is C12H15ClFNO2. The van der Waals surface area contributed by atoms with Gasteiger partial charge in [0, 0.05) is 11.1 Å². The Bertz CT molecular complexity index is 411. The first-order valence-electron chi connectivity index (χ1n) is 5.39. The van der Waals surface area contributed by atoms with Crippen LogP contribution in [0.5, 0.6) is 0 Å². The molecule has 0 aliphatic heterocycles. The van der Waals surface area contributed by atoms with E-state index < -0.39 is 17.8 Å². The van der Waals surface area contributed by atoms with E-state index in [4.69, 9.17) is 16.7 Å². The minimum Gasteiger partial charge on any atom is -0.480 e. The number of halogens is 2. The van der Waals surface area contributed by atoms with E-state index in [1.807, 2.05) is 13.8 Å². The first-order valence-corrected chi connectivity index (χ1v) is 5.77. The van der Waals surface area contributed by atoms with Gasteiger partial charge in [-0.15, -0.1) is 0 Å². The quantitative estimate of drug-likeness (QED) is 0.855. The van der Waals surface area contributed by atoms with Gasteiger partial charge in [-0.1, -0.05) is 24.6 Å². The van der Waals surface area contributed by atoms with Crippen molar-refractivity contribution in [3.63, 3.8) is 0 Å². The van der Waals surface area contributed by atoms with Crippen LogP contribution in [-0.4, -0.2) is 17.1 Å². The van der Waals surface area contributed by atoms with E-state index in [1.54, 1.807) is 0 Å². The van der Waals surface area contributed by atoms with Gasteiger partial charge < -0.3 is 5.11 Å². The molecule has 0 amide bonds. The second-order valence-corrected chi connectivity index (χ2v) is 4.32. The number of hydrogen-bond acceptors (Lipinski definition) is 2. The van der Waals surface area contributed by atoms with Crippen molar-refractivity contribution in [3.05, 3.63) is 34.6 Å². The maximum atomic E-state index is 12.9. The number of nitrogens with one attached hydrogen (secondary N) is 1. The third kappa shape index (κ3) is 3.68. The second kappa shape index (κ2) is 5.98. The summed E-state index contributed by atoms with van der Waals surface area (Å²) in [5.74, 6) is -1.51. The van der Waals surface area contributed by atoms with Gasteiger partial charge in [0.25, 0.3) is 0 Å². The Kier molecular flexibility index (Phi) is 4.90. The predicted octanol–water partition coefficient (Wildman–Crippen LogP) is 2.99. The van der Waals surface area contributed by atoms with E-state index >= 15 is 0 Å². The maximum absolute atomic E-state index is 12.9. The van der Waals surface area contributed by atoms with Crippen LogP contribution >= 0.6 is 11.6 Å². The molecule has 0 bridgehead atoms. The summed E-state index contributed by atoms with van der Waals surface area (Å²) in [4.78, 5) is 11.2. The zero-order valence-corrected chi connectivity index (χ0v) is 10.5. The Morgan fingerprint density at radius 3 is 2.71 bits per heavy atom. The van der Waals surface area contributed by atoms with E-state index in [-0.39, 0.29) is 11.1 Å². The van der Waals surface area contributed by atoms with E-state index in [9.17, 15) is 9.18 Å². The number of carboxylic acids is 1. The highest BCUT2D eigenvalue weighted by atomic mass is 35.5. The molecule has 0 aliphatic rings. The predicted molar refractivity (Wildman–Crippen MR) is 64.7 cm³/mol. The molecule has 1 aromatic rings. The fourth-order valence-electron chi connectivity index (χ4n) is 1.43. The lowest BCUT2D eigenvalue weighted by Crippen LogP contribution is -2.35. The molecule has 0 saturated carbocycles. The van der Waals surface area contributed by atoms with Crippen LogP contribution in [0.4, 0.5) is 4.39 Å². The van der Waals surface area contributed by atoms with Crippen LogP contribution in [-0.2, 0) is 4.79 Å². The van der Waals surface area contributed by atoms with Crippen molar-refractivity contribution in [2.75, 3.05) is 0 Å². The third-order valence-electron chi connectivity index (χ3n) is 2.58. The van der Waals surface area contributed by atoms with Crippen molar-refractivity contribution < 1.29 is 14.3 Å². The number of benzene rings is 1. The molecule has 0 aromatic heterocycles. The van der Waals surface area contributed by atoms with Gasteiger partial charge in [-0.05, 0) is 31.0 Å². The molecule has 94 valence electrons. The van der Waals surface area contributed by atoms with Crippen LogP contribution in [0.1, 0.15) is 31.9 Å². The summed E-state index contributed by atoms with van der Waals surface area (Å²) in [5.41, 5.74) is 0.376. The molecule has 0 radical (unpaired) electrons. The molecule has 0 aliphatic carbocycles. The zero-order chi connectivity index (χ0) is 13.0. The summed E-state index contributed by atoms with van der Waals surface area (Å²) in [6.45, 7) is 3.83. The summed E-state index contributed by atoms with van der Waals surface area (Å²) >= 11 is 5.85. The Morgan fingerprint density at radius 2 is 2.24 bits per heavy atom. The minimum absolute atomic E-state index is 0.0391. The van der Waals surface area contributed by atoms with E-state index in [1.165, 1.54) is 12.1 Å². The molecule has 1 rings (SSSR count). The molecule has 0 heterocycles. The number of aliphatic carboxylic acids is 1. The number of rotatable bonds is 5. The first kappa shape index (κ1) is 13.9. The fourth-order valence-corrected chi connectivity index (χ4v) is 1.71. The molecule has 2 unspecified atom stereocenters. The number of hydrogen-bond donors (Lipinski definition) is 2. The largest absolute Gasteiger partial charge is 0.480 e. The average Bonchev–Trinajstić information content (AvgIpc) is 2.26. The first-order chi connectivity index (χ1) is 7.95. The molecule has 0 fully saturated rings. The van der Waals surface area contributed by atoms with E-state index in [2.05, 4.69) is 5.32 Å². The number of carbonyl (C=O) groups is 1.